The van der Waals surface area contributed by atoms with Crippen molar-refractivity contribution in [3.63, 3.8) is 0 Å². The molecule has 0 radical (unpaired) electrons. The van der Waals surface area contributed by atoms with Crippen LogP contribution in [0.3, 0.4) is 0 Å². The summed E-state index contributed by atoms with van der Waals surface area (Å²) in [5.41, 5.74) is 0.189. The van der Waals surface area contributed by atoms with Crippen molar-refractivity contribution in [2.24, 2.45) is 0 Å². The molecule has 4 nitrogen and oxygen atoms in total. The molecule has 0 aromatic heterocycles. The van der Waals surface area contributed by atoms with Crippen LogP contribution in [0.4, 0.5) is 10.1 Å². The molecule has 0 spiro atoms. The van der Waals surface area contributed by atoms with E-state index < -0.39 is 11.7 Å². The van der Waals surface area contributed by atoms with Gasteiger partial charge in [-0.2, -0.15) is 5.26 Å². The number of nitriles is 1. The summed E-state index contributed by atoms with van der Waals surface area (Å²) >= 11 is 5.65. The molecule has 0 bridgehead atoms. The first-order valence-electron chi connectivity index (χ1n) is 5.91. The second-order valence-corrected chi connectivity index (χ2v) is 4.46. The first-order valence-corrected chi connectivity index (χ1v) is 6.28. The van der Waals surface area contributed by atoms with Gasteiger partial charge in [0.25, 0.3) is 5.91 Å². The largest absolute Gasteiger partial charge is 0.495 e. The molecule has 106 valence electrons. The maximum Gasteiger partial charge on any atom is 0.258 e. The number of halogens is 2. The predicted molar refractivity (Wildman–Crippen MR) is 77.1 cm³/mol. The van der Waals surface area contributed by atoms with E-state index in [0.29, 0.717) is 5.75 Å². The zero-order valence-corrected chi connectivity index (χ0v) is 11.7. The number of ether oxygens (including phenoxy) is 1. The van der Waals surface area contributed by atoms with E-state index in [1.165, 1.54) is 31.4 Å². The van der Waals surface area contributed by atoms with E-state index >= 15 is 0 Å². The average molecular weight is 305 g/mol. The van der Waals surface area contributed by atoms with E-state index in [1.807, 2.05) is 6.07 Å². The topological polar surface area (TPSA) is 62.1 Å². The molecule has 1 N–H and O–H groups in total. The number of rotatable bonds is 3. The molecule has 0 aliphatic carbocycles. The molecule has 0 saturated carbocycles. The van der Waals surface area contributed by atoms with Gasteiger partial charge in [0, 0.05) is 0 Å². The van der Waals surface area contributed by atoms with Crippen LogP contribution in [0.5, 0.6) is 5.75 Å². The highest BCUT2D eigenvalue weighted by molar-refractivity contribution is 6.31. The minimum atomic E-state index is -0.815. The van der Waals surface area contributed by atoms with Crippen LogP contribution in [-0.4, -0.2) is 13.0 Å². The Morgan fingerprint density at radius 1 is 1.33 bits per heavy atom. The number of anilines is 1. The number of benzene rings is 2. The van der Waals surface area contributed by atoms with Gasteiger partial charge in [0.2, 0.25) is 0 Å². The van der Waals surface area contributed by atoms with Gasteiger partial charge in [-0.1, -0.05) is 23.7 Å². The van der Waals surface area contributed by atoms with Crippen molar-refractivity contribution in [2.75, 3.05) is 12.4 Å². The van der Waals surface area contributed by atoms with E-state index in [0.717, 1.165) is 0 Å². The third kappa shape index (κ3) is 2.96. The predicted octanol–water partition coefficient (Wildman–Crippen LogP) is 3.61. The lowest BCUT2D eigenvalue weighted by molar-refractivity contribution is 0.102. The Balaban J connectivity index is 2.41. The molecule has 2 aromatic rings. The highest BCUT2D eigenvalue weighted by atomic mass is 35.5. The van der Waals surface area contributed by atoms with Crippen molar-refractivity contribution in [1.82, 2.24) is 0 Å². The van der Waals surface area contributed by atoms with Crippen molar-refractivity contribution < 1.29 is 13.9 Å². The van der Waals surface area contributed by atoms with Gasteiger partial charge in [0.1, 0.15) is 17.5 Å². The molecule has 0 aliphatic rings. The summed E-state index contributed by atoms with van der Waals surface area (Å²) in [4.78, 5) is 12.1. The van der Waals surface area contributed by atoms with Crippen LogP contribution in [0.25, 0.3) is 0 Å². The van der Waals surface area contributed by atoms with E-state index in [1.54, 1.807) is 12.1 Å². The minimum absolute atomic E-state index is 0.150. The van der Waals surface area contributed by atoms with Gasteiger partial charge >= 0.3 is 0 Å². The van der Waals surface area contributed by atoms with Crippen LogP contribution in [-0.2, 0) is 0 Å². The van der Waals surface area contributed by atoms with Crippen molar-refractivity contribution in [3.05, 3.63) is 58.4 Å². The summed E-state index contributed by atoms with van der Waals surface area (Å²) < 4.78 is 18.9. The molecule has 21 heavy (non-hydrogen) atoms. The average Bonchev–Trinajstić information content (AvgIpc) is 2.50. The third-order valence-electron chi connectivity index (χ3n) is 2.80. The number of hydrogen-bond acceptors (Lipinski definition) is 3. The van der Waals surface area contributed by atoms with Crippen LogP contribution in [0.2, 0.25) is 5.02 Å². The maximum absolute atomic E-state index is 13.8. The number of hydrogen-bond donors (Lipinski definition) is 1. The lowest BCUT2D eigenvalue weighted by atomic mass is 10.1. The first kappa shape index (κ1) is 14.8. The molecular weight excluding hydrogens is 295 g/mol. The zero-order chi connectivity index (χ0) is 15.4. The summed E-state index contributed by atoms with van der Waals surface area (Å²) in [7, 11) is 1.41. The molecule has 0 fully saturated rings. The standard InChI is InChI=1S/C15H10ClFN2O2/c1-21-12-7-2-4-9(8-18)14(12)19-15(20)10-5-3-6-11(16)13(10)17/h2-7H,1H3,(H,19,20). The molecule has 0 saturated heterocycles. The maximum atomic E-state index is 13.8. The van der Waals surface area contributed by atoms with Crippen LogP contribution in [0.1, 0.15) is 15.9 Å². The Morgan fingerprint density at radius 2 is 2.05 bits per heavy atom. The van der Waals surface area contributed by atoms with Gasteiger partial charge in [-0.25, -0.2) is 4.39 Å². The summed E-state index contributed by atoms with van der Waals surface area (Å²) in [6.07, 6.45) is 0. The van der Waals surface area contributed by atoms with E-state index in [-0.39, 0.29) is 21.8 Å². The number of para-hydroxylation sites is 1. The molecule has 0 unspecified atom stereocenters. The fourth-order valence-corrected chi connectivity index (χ4v) is 1.96. The summed E-state index contributed by atoms with van der Waals surface area (Å²) in [6, 6.07) is 10.8. The number of carbonyl (C=O) groups excluding carboxylic acids is 1. The Labute approximate surface area is 125 Å². The first-order chi connectivity index (χ1) is 10.1. The second-order valence-electron chi connectivity index (χ2n) is 4.05. The molecular formula is C15H10ClFN2O2. The molecule has 2 aromatic carbocycles. The Kier molecular flexibility index (Phi) is 4.41. The van der Waals surface area contributed by atoms with Gasteiger partial charge < -0.3 is 10.1 Å². The molecule has 6 heteroatoms. The van der Waals surface area contributed by atoms with Crippen LogP contribution in [0, 0.1) is 17.1 Å². The number of nitrogens with one attached hydrogen (secondary N) is 1. The number of methoxy groups -OCH3 is 1. The number of nitrogens with zero attached hydrogens (tertiary/aromatic N) is 1. The van der Waals surface area contributed by atoms with Gasteiger partial charge in [-0.15, -0.1) is 0 Å². The van der Waals surface area contributed by atoms with Crippen LogP contribution < -0.4 is 10.1 Å². The van der Waals surface area contributed by atoms with Crippen LogP contribution in [0.15, 0.2) is 36.4 Å². The van der Waals surface area contributed by atoms with Crippen LogP contribution >= 0.6 is 11.6 Å². The quantitative estimate of drug-likeness (QED) is 0.942. The highest BCUT2D eigenvalue weighted by Crippen LogP contribution is 2.29. The van der Waals surface area contributed by atoms with Crippen molar-refractivity contribution in [2.45, 2.75) is 0 Å². The Hall–Kier alpha value is -2.58. The lowest BCUT2D eigenvalue weighted by Crippen LogP contribution is -2.15. The smallest absolute Gasteiger partial charge is 0.258 e. The number of carbonyl (C=O) groups is 1. The minimum Gasteiger partial charge on any atom is -0.495 e. The van der Waals surface area contributed by atoms with E-state index in [4.69, 9.17) is 21.6 Å². The number of amides is 1. The Bertz CT molecular complexity index is 741. The molecule has 0 atom stereocenters. The molecule has 0 aliphatic heterocycles. The third-order valence-corrected chi connectivity index (χ3v) is 3.09. The van der Waals surface area contributed by atoms with E-state index in [2.05, 4.69) is 5.32 Å². The summed E-state index contributed by atoms with van der Waals surface area (Å²) in [6.45, 7) is 0. The SMILES string of the molecule is COc1cccc(C#N)c1NC(=O)c1cccc(Cl)c1F. The van der Waals surface area contributed by atoms with Crippen molar-refractivity contribution in [3.8, 4) is 11.8 Å². The van der Waals surface area contributed by atoms with Crippen molar-refractivity contribution in [1.29, 1.82) is 5.26 Å². The summed E-state index contributed by atoms with van der Waals surface area (Å²) in [5.74, 6) is -1.22. The van der Waals surface area contributed by atoms with E-state index in [9.17, 15) is 9.18 Å². The molecule has 1 amide bonds. The highest BCUT2D eigenvalue weighted by Gasteiger charge is 2.17. The summed E-state index contributed by atoms with van der Waals surface area (Å²) in [5, 5.41) is 11.4. The monoisotopic (exact) mass is 304 g/mol. The van der Waals surface area contributed by atoms with Gasteiger partial charge in [0.05, 0.1) is 23.3 Å². The fraction of sp³-hybridized carbons (Fsp3) is 0.0667. The van der Waals surface area contributed by atoms with Gasteiger partial charge in [-0.3, -0.25) is 4.79 Å². The van der Waals surface area contributed by atoms with Gasteiger partial charge in [-0.05, 0) is 24.3 Å². The zero-order valence-electron chi connectivity index (χ0n) is 11.0. The van der Waals surface area contributed by atoms with Gasteiger partial charge in [0.15, 0.2) is 5.82 Å². The fourth-order valence-electron chi connectivity index (χ4n) is 1.78. The molecule has 2 rings (SSSR count). The lowest BCUT2D eigenvalue weighted by Gasteiger charge is -2.12. The Morgan fingerprint density at radius 3 is 2.71 bits per heavy atom. The second kappa shape index (κ2) is 6.25. The molecule has 0 heterocycles. The van der Waals surface area contributed by atoms with Crippen molar-refractivity contribution >= 4 is 23.2 Å². The normalized spacial score (nSPS) is 9.81.